The fourth-order valence-electron chi connectivity index (χ4n) is 2.31. The molecule has 0 fully saturated rings. The Balaban J connectivity index is 1.87. The molecular weight excluding hydrogens is 356 g/mol. The highest BCUT2D eigenvalue weighted by Gasteiger charge is 2.21. The van der Waals surface area contributed by atoms with E-state index in [9.17, 15) is 14.4 Å². The Morgan fingerprint density at radius 2 is 1.71 bits per heavy atom. The summed E-state index contributed by atoms with van der Waals surface area (Å²) in [6, 6.07) is 14.2. The van der Waals surface area contributed by atoms with Gasteiger partial charge >= 0.3 is 5.97 Å². The summed E-state index contributed by atoms with van der Waals surface area (Å²) in [4.78, 5) is 36.2. The number of rotatable bonds is 6. The van der Waals surface area contributed by atoms with Crippen LogP contribution in [0.5, 0.6) is 0 Å². The van der Waals surface area contributed by atoms with E-state index >= 15 is 0 Å². The third-order valence-electron chi connectivity index (χ3n) is 4.11. The molecule has 0 bridgehead atoms. The molecule has 6 nitrogen and oxygen atoms in total. The van der Waals surface area contributed by atoms with Crippen LogP contribution in [0.4, 0.5) is 5.69 Å². The van der Waals surface area contributed by atoms with Crippen molar-refractivity contribution in [1.82, 2.24) is 5.32 Å². The average Bonchev–Trinajstić information content (AvgIpc) is 2.65. The zero-order chi connectivity index (χ0) is 20.7. The van der Waals surface area contributed by atoms with Crippen LogP contribution in [-0.2, 0) is 20.9 Å². The molecule has 2 aromatic rings. The van der Waals surface area contributed by atoms with Gasteiger partial charge in [-0.25, -0.2) is 4.79 Å². The number of nitrogens with one attached hydrogen (secondary N) is 2. The van der Waals surface area contributed by atoms with Crippen LogP contribution in [0.1, 0.15) is 42.3 Å². The summed E-state index contributed by atoms with van der Waals surface area (Å²) in [7, 11) is 0. The topological polar surface area (TPSA) is 84.5 Å². The van der Waals surface area contributed by atoms with Crippen molar-refractivity contribution in [3.05, 3.63) is 65.2 Å². The number of hydrogen-bond acceptors (Lipinski definition) is 4. The maximum absolute atomic E-state index is 12.2. The number of hydrogen-bond donors (Lipinski definition) is 2. The van der Waals surface area contributed by atoms with Gasteiger partial charge in [0.2, 0.25) is 5.91 Å². The van der Waals surface area contributed by atoms with Gasteiger partial charge < -0.3 is 15.4 Å². The van der Waals surface area contributed by atoms with E-state index < -0.39 is 11.4 Å². The lowest BCUT2D eigenvalue weighted by molar-refractivity contribution is -0.124. The summed E-state index contributed by atoms with van der Waals surface area (Å²) in [6.07, 6.45) is 0. The number of ether oxygens (including phenoxy) is 1. The molecule has 0 radical (unpaired) electrons. The SMILES string of the molecule is Cc1ccccc1CNC(=O)COC(=O)c1cccc(NC(=O)C(C)(C)C)c1. The number of aryl methyl sites for hydroxylation is 1. The lowest BCUT2D eigenvalue weighted by atomic mass is 9.95. The molecule has 148 valence electrons. The van der Waals surface area contributed by atoms with E-state index in [1.54, 1.807) is 39.0 Å². The van der Waals surface area contributed by atoms with Gasteiger partial charge in [-0.3, -0.25) is 9.59 Å². The predicted octanol–water partition coefficient (Wildman–Crippen LogP) is 3.45. The van der Waals surface area contributed by atoms with Gasteiger partial charge in [-0.05, 0) is 36.2 Å². The minimum absolute atomic E-state index is 0.159. The van der Waals surface area contributed by atoms with Crippen molar-refractivity contribution >= 4 is 23.5 Å². The van der Waals surface area contributed by atoms with E-state index in [0.29, 0.717) is 12.2 Å². The van der Waals surface area contributed by atoms with Crippen molar-refractivity contribution in [2.24, 2.45) is 5.41 Å². The van der Waals surface area contributed by atoms with Crippen LogP contribution in [-0.4, -0.2) is 24.4 Å². The molecule has 0 saturated carbocycles. The highest BCUT2D eigenvalue weighted by molar-refractivity contribution is 5.97. The first-order chi connectivity index (χ1) is 13.2. The molecule has 2 amide bonds. The second-order valence-electron chi connectivity index (χ2n) is 7.56. The van der Waals surface area contributed by atoms with E-state index in [-0.39, 0.29) is 24.0 Å². The molecule has 28 heavy (non-hydrogen) atoms. The summed E-state index contributed by atoms with van der Waals surface area (Å²) in [5, 5.41) is 5.49. The first-order valence-corrected chi connectivity index (χ1v) is 9.06. The largest absolute Gasteiger partial charge is 0.452 e. The van der Waals surface area contributed by atoms with Crippen molar-refractivity contribution in [3.8, 4) is 0 Å². The Bertz CT molecular complexity index is 869. The van der Waals surface area contributed by atoms with E-state index in [1.807, 2.05) is 31.2 Å². The van der Waals surface area contributed by atoms with Gasteiger partial charge in [-0.2, -0.15) is 0 Å². The summed E-state index contributed by atoms with van der Waals surface area (Å²) < 4.78 is 5.07. The fraction of sp³-hybridized carbons (Fsp3) is 0.318. The van der Waals surface area contributed by atoms with Crippen LogP contribution in [0.2, 0.25) is 0 Å². The molecule has 6 heteroatoms. The quantitative estimate of drug-likeness (QED) is 0.750. The summed E-state index contributed by atoms with van der Waals surface area (Å²) >= 11 is 0. The lowest BCUT2D eigenvalue weighted by Crippen LogP contribution is -2.29. The Morgan fingerprint density at radius 1 is 1.00 bits per heavy atom. The molecular formula is C22H26N2O4. The van der Waals surface area contributed by atoms with Gasteiger partial charge in [0.15, 0.2) is 6.61 Å². The zero-order valence-electron chi connectivity index (χ0n) is 16.7. The molecule has 0 atom stereocenters. The van der Waals surface area contributed by atoms with E-state index in [1.165, 1.54) is 6.07 Å². The molecule has 0 aliphatic rings. The zero-order valence-corrected chi connectivity index (χ0v) is 16.7. The van der Waals surface area contributed by atoms with Gasteiger partial charge in [0.25, 0.3) is 5.91 Å². The minimum atomic E-state index is -0.627. The molecule has 0 heterocycles. The van der Waals surface area contributed by atoms with Gasteiger partial charge in [-0.15, -0.1) is 0 Å². The summed E-state index contributed by atoms with van der Waals surface area (Å²) in [5.41, 5.74) is 2.29. The van der Waals surface area contributed by atoms with Crippen LogP contribution in [0.25, 0.3) is 0 Å². The molecule has 2 rings (SSSR count). The molecule has 0 unspecified atom stereocenters. The third kappa shape index (κ3) is 6.23. The van der Waals surface area contributed by atoms with Crippen LogP contribution >= 0.6 is 0 Å². The maximum atomic E-state index is 12.2. The standard InChI is InChI=1S/C22H26N2O4/c1-15-8-5-6-9-17(15)13-23-19(25)14-28-20(26)16-10-7-11-18(12-16)24-21(27)22(2,3)4/h5-12H,13-14H2,1-4H3,(H,23,25)(H,24,27). The van der Waals surface area contributed by atoms with E-state index in [2.05, 4.69) is 10.6 Å². The van der Waals surface area contributed by atoms with Crippen molar-refractivity contribution in [3.63, 3.8) is 0 Å². The van der Waals surface area contributed by atoms with E-state index in [4.69, 9.17) is 4.74 Å². The van der Waals surface area contributed by atoms with Crippen LogP contribution in [0.3, 0.4) is 0 Å². The molecule has 2 aromatic carbocycles. The number of esters is 1. The van der Waals surface area contributed by atoms with Gasteiger partial charge in [0, 0.05) is 17.6 Å². The minimum Gasteiger partial charge on any atom is -0.452 e. The predicted molar refractivity (Wildman–Crippen MR) is 108 cm³/mol. The number of carbonyl (C=O) groups excluding carboxylic acids is 3. The first-order valence-electron chi connectivity index (χ1n) is 9.06. The summed E-state index contributed by atoms with van der Waals surface area (Å²) in [5.74, 6) is -1.17. The van der Waals surface area contributed by atoms with Crippen LogP contribution in [0, 0.1) is 12.3 Å². The van der Waals surface area contributed by atoms with Crippen molar-refractivity contribution in [1.29, 1.82) is 0 Å². The molecule has 0 aromatic heterocycles. The van der Waals surface area contributed by atoms with Crippen molar-refractivity contribution in [2.75, 3.05) is 11.9 Å². The number of anilines is 1. The highest BCUT2D eigenvalue weighted by Crippen LogP contribution is 2.18. The Labute approximate surface area is 165 Å². The molecule has 0 aliphatic carbocycles. The van der Waals surface area contributed by atoms with Crippen molar-refractivity contribution in [2.45, 2.75) is 34.2 Å². The summed E-state index contributed by atoms with van der Waals surface area (Å²) in [6.45, 7) is 7.37. The molecule has 2 N–H and O–H groups in total. The van der Waals surface area contributed by atoms with Gasteiger partial charge in [-0.1, -0.05) is 51.1 Å². The van der Waals surface area contributed by atoms with E-state index in [0.717, 1.165) is 11.1 Å². The van der Waals surface area contributed by atoms with Gasteiger partial charge in [0.1, 0.15) is 0 Å². The normalized spacial score (nSPS) is 10.9. The third-order valence-corrected chi connectivity index (χ3v) is 4.11. The Kier molecular flexibility index (Phi) is 6.93. The van der Waals surface area contributed by atoms with Crippen LogP contribution in [0.15, 0.2) is 48.5 Å². The molecule has 0 aliphatic heterocycles. The first kappa shape index (κ1) is 21.2. The Hall–Kier alpha value is -3.15. The fourth-order valence-corrected chi connectivity index (χ4v) is 2.31. The van der Waals surface area contributed by atoms with Crippen LogP contribution < -0.4 is 10.6 Å². The molecule has 0 spiro atoms. The number of benzene rings is 2. The monoisotopic (exact) mass is 382 g/mol. The number of carbonyl (C=O) groups is 3. The average molecular weight is 382 g/mol. The lowest BCUT2D eigenvalue weighted by Gasteiger charge is -2.17. The maximum Gasteiger partial charge on any atom is 0.338 e. The molecule has 0 saturated heterocycles. The number of amides is 2. The highest BCUT2D eigenvalue weighted by atomic mass is 16.5. The van der Waals surface area contributed by atoms with Crippen molar-refractivity contribution < 1.29 is 19.1 Å². The Morgan fingerprint density at radius 3 is 2.39 bits per heavy atom. The smallest absolute Gasteiger partial charge is 0.338 e. The van der Waals surface area contributed by atoms with Gasteiger partial charge in [0.05, 0.1) is 5.56 Å². The second kappa shape index (κ2) is 9.17. The second-order valence-corrected chi connectivity index (χ2v) is 7.56.